The second kappa shape index (κ2) is 6.43. The van der Waals surface area contributed by atoms with Crippen molar-refractivity contribution in [1.29, 1.82) is 0 Å². The number of hydrogen-bond acceptors (Lipinski definition) is 4. The molecule has 0 radical (unpaired) electrons. The van der Waals surface area contributed by atoms with Gasteiger partial charge in [-0.3, -0.25) is 4.79 Å². The van der Waals surface area contributed by atoms with Crippen LogP contribution < -0.4 is 0 Å². The van der Waals surface area contributed by atoms with Crippen molar-refractivity contribution in [3.8, 4) is 0 Å². The zero-order chi connectivity index (χ0) is 16.4. The predicted molar refractivity (Wildman–Crippen MR) is 85.2 cm³/mol. The fraction of sp³-hybridized carbons (Fsp3) is 0.438. The molecule has 0 saturated carbocycles. The summed E-state index contributed by atoms with van der Waals surface area (Å²) in [5.41, 5.74) is 2.05. The number of benzene rings is 1. The first-order valence-corrected chi connectivity index (χ1v) is 9.02. The van der Waals surface area contributed by atoms with Crippen LogP contribution in [0.5, 0.6) is 0 Å². The molecule has 0 aromatic heterocycles. The molecule has 1 aliphatic carbocycles. The summed E-state index contributed by atoms with van der Waals surface area (Å²) >= 11 is 0. The van der Waals surface area contributed by atoms with Gasteiger partial charge < -0.3 is 9.84 Å². The topological polar surface area (TPSA) is 83.9 Å². The average Bonchev–Trinajstić information content (AvgIpc) is 2.54. The first-order chi connectivity index (χ1) is 11.0. The molecule has 1 saturated heterocycles. The molecule has 23 heavy (non-hydrogen) atoms. The number of hydrogen-bond donors (Lipinski definition) is 1. The summed E-state index contributed by atoms with van der Waals surface area (Å²) < 4.78 is 32.5. The highest BCUT2D eigenvalue weighted by Gasteiger charge is 2.36. The lowest BCUT2D eigenvalue weighted by atomic mass is 9.98. The smallest absolute Gasteiger partial charge is 0.305 e. The normalized spacial score (nSPS) is 22.3. The number of allylic oxidation sites excluding steroid dienone is 1. The van der Waals surface area contributed by atoms with Crippen LogP contribution >= 0.6 is 0 Å². The van der Waals surface area contributed by atoms with E-state index in [1.165, 1.54) is 4.31 Å². The lowest BCUT2D eigenvalue weighted by Crippen LogP contribution is -2.49. The lowest BCUT2D eigenvalue weighted by Gasteiger charge is -2.35. The van der Waals surface area contributed by atoms with E-state index in [-0.39, 0.29) is 19.6 Å². The number of nitrogens with zero attached hydrogens (tertiary/aromatic N) is 1. The quantitative estimate of drug-likeness (QED) is 0.900. The van der Waals surface area contributed by atoms with Crippen molar-refractivity contribution in [2.45, 2.75) is 25.3 Å². The number of aryl methyl sites for hydroxylation is 1. The van der Waals surface area contributed by atoms with Crippen LogP contribution in [-0.2, 0) is 26.0 Å². The third-order valence-corrected chi connectivity index (χ3v) is 6.32. The van der Waals surface area contributed by atoms with E-state index >= 15 is 0 Å². The molecule has 1 unspecified atom stereocenters. The first kappa shape index (κ1) is 16.2. The van der Waals surface area contributed by atoms with Crippen molar-refractivity contribution >= 4 is 22.1 Å². The van der Waals surface area contributed by atoms with Crippen molar-refractivity contribution < 1.29 is 23.1 Å². The second-order valence-electron chi connectivity index (χ2n) is 5.75. The van der Waals surface area contributed by atoms with E-state index in [4.69, 9.17) is 9.84 Å². The van der Waals surface area contributed by atoms with Gasteiger partial charge in [-0.05, 0) is 30.0 Å². The third kappa shape index (κ3) is 3.31. The molecular weight excluding hydrogens is 318 g/mol. The summed E-state index contributed by atoms with van der Waals surface area (Å²) in [5, 5.41) is 9.00. The second-order valence-corrected chi connectivity index (χ2v) is 7.70. The van der Waals surface area contributed by atoms with Crippen molar-refractivity contribution in [3.05, 3.63) is 40.3 Å². The summed E-state index contributed by atoms with van der Waals surface area (Å²) in [4.78, 5) is 11.3. The summed E-state index contributed by atoms with van der Waals surface area (Å²) in [6.45, 7) is 0.605. The van der Waals surface area contributed by atoms with Gasteiger partial charge in [0.1, 0.15) is 0 Å². The number of ether oxygens (including phenoxy) is 1. The van der Waals surface area contributed by atoms with Crippen molar-refractivity contribution in [3.63, 3.8) is 0 Å². The van der Waals surface area contributed by atoms with Crippen LogP contribution in [0, 0.1) is 0 Å². The number of rotatable bonds is 4. The van der Waals surface area contributed by atoms with Crippen LogP contribution in [0.3, 0.4) is 0 Å². The van der Waals surface area contributed by atoms with Gasteiger partial charge in [0.05, 0.1) is 30.6 Å². The predicted octanol–water partition coefficient (Wildman–Crippen LogP) is 1.48. The first-order valence-electron chi connectivity index (χ1n) is 7.58. The Morgan fingerprint density at radius 2 is 2.09 bits per heavy atom. The molecule has 0 bridgehead atoms. The average molecular weight is 337 g/mol. The number of carboxylic acids is 1. The summed E-state index contributed by atoms with van der Waals surface area (Å²) in [6, 6.07) is 7.07. The van der Waals surface area contributed by atoms with Crippen LogP contribution in [-0.4, -0.2) is 49.6 Å². The fourth-order valence-electron chi connectivity index (χ4n) is 3.08. The van der Waals surface area contributed by atoms with Crippen molar-refractivity contribution in [2.75, 3.05) is 19.8 Å². The van der Waals surface area contributed by atoms with E-state index in [1.54, 1.807) is 6.08 Å². The SMILES string of the molecule is O=C(O)CC1COCCN1S(=O)(=O)C1=Cc2ccccc2CC1. The van der Waals surface area contributed by atoms with Crippen molar-refractivity contribution in [1.82, 2.24) is 4.31 Å². The highest BCUT2D eigenvalue weighted by Crippen LogP contribution is 2.30. The lowest BCUT2D eigenvalue weighted by molar-refractivity contribution is -0.139. The Bertz CT molecular complexity index is 741. The van der Waals surface area contributed by atoms with E-state index in [2.05, 4.69) is 0 Å². The molecule has 1 aliphatic heterocycles. The third-order valence-electron chi connectivity index (χ3n) is 4.24. The zero-order valence-corrected chi connectivity index (χ0v) is 13.5. The molecule has 124 valence electrons. The van der Waals surface area contributed by atoms with E-state index < -0.39 is 22.0 Å². The van der Waals surface area contributed by atoms with Gasteiger partial charge in [0, 0.05) is 6.54 Å². The van der Waals surface area contributed by atoms with Gasteiger partial charge in [-0.2, -0.15) is 4.31 Å². The molecule has 3 rings (SSSR count). The number of morpholine rings is 1. The minimum atomic E-state index is -3.67. The van der Waals surface area contributed by atoms with Gasteiger partial charge in [-0.1, -0.05) is 24.3 Å². The maximum absolute atomic E-state index is 13.0. The molecule has 1 fully saturated rings. The van der Waals surface area contributed by atoms with Crippen LogP contribution in [0.25, 0.3) is 6.08 Å². The maximum Gasteiger partial charge on any atom is 0.305 e. The highest BCUT2D eigenvalue weighted by atomic mass is 32.2. The molecule has 1 aromatic rings. The van der Waals surface area contributed by atoms with Gasteiger partial charge in [0.25, 0.3) is 0 Å². The Labute approximate surface area is 135 Å². The minimum absolute atomic E-state index is 0.120. The zero-order valence-electron chi connectivity index (χ0n) is 12.6. The van der Waals surface area contributed by atoms with Crippen molar-refractivity contribution in [2.24, 2.45) is 0 Å². The van der Waals surface area contributed by atoms with Crippen LogP contribution in [0.4, 0.5) is 0 Å². The Kier molecular flexibility index (Phi) is 4.52. The number of carboxylic acid groups (broad SMARTS) is 1. The Balaban J connectivity index is 1.91. The van der Waals surface area contributed by atoms with E-state index in [1.807, 2.05) is 24.3 Å². The van der Waals surface area contributed by atoms with Crippen LogP contribution in [0.2, 0.25) is 0 Å². The molecule has 0 spiro atoms. The van der Waals surface area contributed by atoms with Gasteiger partial charge in [0.2, 0.25) is 10.0 Å². The molecular formula is C16H19NO5S. The molecule has 0 amide bonds. The summed E-state index contributed by atoms with van der Waals surface area (Å²) in [5.74, 6) is -1.02. The number of sulfonamides is 1. The molecule has 1 N–H and O–H groups in total. The molecule has 2 aliphatic rings. The van der Waals surface area contributed by atoms with Crippen LogP contribution in [0.1, 0.15) is 24.0 Å². The Morgan fingerprint density at radius 1 is 1.30 bits per heavy atom. The van der Waals surface area contributed by atoms with Gasteiger partial charge in [-0.25, -0.2) is 8.42 Å². The molecule has 7 heteroatoms. The van der Waals surface area contributed by atoms with E-state index in [9.17, 15) is 13.2 Å². The number of aliphatic carboxylic acids is 1. The summed E-state index contributed by atoms with van der Waals surface area (Å²) in [6.07, 6.45) is 2.58. The molecule has 6 nitrogen and oxygen atoms in total. The monoisotopic (exact) mass is 337 g/mol. The van der Waals surface area contributed by atoms with Gasteiger partial charge in [0.15, 0.2) is 0 Å². The molecule has 1 aromatic carbocycles. The maximum atomic E-state index is 13.0. The van der Waals surface area contributed by atoms with Crippen LogP contribution in [0.15, 0.2) is 29.2 Å². The minimum Gasteiger partial charge on any atom is -0.481 e. The molecule has 1 atom stereocenters. The Morgan fingerprint density at radius 3 is 2.87 bits per heavy atom. The highest BCUT2D eigenvalue weighted by molar-refractivity contribution is 7.93. The Hall–Kier alpha value is -1.70. The van der Waals surface area contributed by atoms with E-state index in [0.717, 1.165) is 11.1 Å². The number of fused-ring (bicyclic) bond motifs is 1. The number of carbonyl (C=O) groups is 1. The fourth-order valence-corrected chi connectivity index (χ4v) is 4.86. The standard InChI is InChI=1S/C16H19NO5S/c18-16(19)10-14-11-22-8-7-17(14)23(20,21)15-6-5-12-3-1-2-4-13(12)9-15/h1-4,9,14H,5-8,10-11H2,(H,18,19). The summed E-state index contributed by atoms with van der Waals surface area (Å²) in [7, 11) is -3.67. The van der Waals surface area contributed by atoms with E-state index in [0.29, 0.717) is 24.4 Å². The van der Waals surface area contributed by atoms with Gasteiger partial charge >= 0.3 is 5.97 Å². The molecule has 1 heterocycles. The largest absolute Gasteiger partial charge is 0.481 e. The van der Waals surface area contributed by atoms with Gasteiger partial charge in [-0.15, -0.1) is 0 Å².